The molecule has 0 atom stereocenters. The van der Waals surface area contributed by atoms with E-state index in [-0.39, 0.29) is 0 Å². The van der Waals surface area contributed by atoms with E-state index in [0.717, 1.165) is 27.7 Å². The highest BCUT2D eigenvalue weighted by atomic mass is 15.0. The number of hydrogen-bond donors (Lipinski definition) is 0. The Morgan fingerprint density at radius 3 is 1.85 bits per heavy atom. The Balaban J connectivity index is 1.31. The smallest absolute Gasteiger partial charge is 0.114 e. The molecule has 0 saturated heterocycles. The van der Waals surface area contributed by atoms with Crippen LogP contribution in [0.4, 0.5) is 0 Å². The first-order valence-corrected chi connectivity index (χ1v) is 16.2. The summed E-state index contributed by atoms with van der Waals surface area (Å²) in [6.45, 7) is 4.29. The zero-order valence-electron chi connectivity index (χ0n) is 26.4. The fourth-order valence-electron chi connectivity index (χ4n) is 7.54. The first-order valence-electron chi connectivity index (χ1n) is 16.2. The molecule has 0 N–H and O–H groups in total. The van der Waals surface area contributed by atoms with Crippen molar-refractivity contribution < 1.29 is 0 Å². The van der Waals surface area contributed by atoms with Gasteiger partial charge in [-0.3, -0.25) is 0 Å². The van der Waals surface area contributed by atoms with Crippen molar-refractivity contribution in [1.29, 1.82) is 0 Å². The van der Waals surface area contributed by atoms with Crippen LogP contribution < -0.4 is 5.46 Å². The van der Waals surface area contributed by atoms with Crippen LogP contribution in [0.1, 0.15) is 11.1 Å². The lowest BCUT2D eigenvalue weighted by Gasteiger charge is -2.17. The maximum Gasteiger partial charge on any atom is 0.114 e. The van der Waals surface area contributed by atoms with Gasteiger partial charge >= 0.3 is 0 Å². The normalized spacial score (nSPS) is 11.7. The van der Waals surface area contributed by atoms with Crippen LogP contribution in [0, 0.1) is 13.8 Å². The van der Waals surface area contributed by atoms with Gasteiger partial charge in [0.15, 0.2) is 0 Å². The van der Waals surface area contributed by atoms with Crippen LogP contribution in [0.3, 0.4) is 0 Å². The predicted octanol–water partition coefficient (Wildman–Crippen LogP) is 10.6. The van der Waals surface area contributed by atoms with Crippen molar-refractivity contribution in [3.05, 3.63) is 163 Å². The summed E-state index contributed by atoms with van der Waals surface area (Å²) >= 11 is 0. The van der Waals surface area contributed by atoms with Crippen molar-refractivity contribution in [2.24, 2.45) is 0 Å². The maximum atomic E-state index is 6.75. The van der Waals surface area contributed by atoms with E-state index in [1.807, 2.05) is 0 Å². The van der Waals surface area contributed by atoms with Gasteiger partial charge in [0, 0.05) is 32.9 Å². The molecule has 7 aromatic carbocycles. The van der Waals surface area contributed by atoms with Crippen LogP contribution in [0.5, 0.6) is 0 Å². The third-order valence-corrected chi connectivity index (χ3v) is 9.82. The largest absolute Gasteiger partial charge is 0.309 e. The molecule has 47 heavy (non-hydrogen) atoms. The van der Waals surface area contributed by atoms with Gasteiger partial charge in [-0.05, 0) is 96.3 Å². The summed E-state index contributed by atoms with van der Waals surface area (Å²) in [6, 6.07) is 54.7. The van der Waals surface area contributed by atoms with Crippen molar-refractivity contribution in [1.82, 2.24) is 9.13 Å². The second-order valence-corrected chi connectivity index (χ2v) is 12.5. The van der Waals surface area contributed by atoms with Gasteiger partial charge in [-0.1, -0.05) is 108 Å². The van der Waals surface area contributed by atoms with Crippen LogP contribution >= 0.6 is 0 Å². The number of hydrogen-bond acceptors (Lipinski definition) is 0. The van der Waals surface area contributed by atoms with E-state index in [1.54, 1.807) is 0 Å². The molecule has 0 aliphatic carbocycles. The summed E-state index contributed by atoms with van der Waals surface area (Å²) in [5.74, 6) is 0. The number of rotatable bonds is 4. The minimum Gasteiger partial charge on any atom is -0.309 e. The summed E-state index contributed by atoms with van der Waals surface area (Å²) in [5.41, 5.74) is 14.9. The average Bonchev–Trinajstić information content (AvgIpc) is 3.63. The summed E-state index contributed by atoms with van der Waals surface area (Å²) in [5, 5.41) is 4.96. The minimum absolute atomic E-state index is 0.795. The second kappa shape index (κ2) is 10.6. The molecule has 0 saturated carbocycles. The van der Waals surface area contributed by atoms with E-state index in [9.17, 15) is 0 Å². The van der Waals surface area contributed by atoms with E-state index >= 15 is 0 Å². The van der Waals surface area contributed by atoms with Gasteiger partial charge in [0.2, 0.25) is 0 Å². The Kier molecular flexibility index (Phi) is 6.23. The second-order valence-electron chi connectivity index (χ2n) is 12.5. The van der Waals surface area contributed by atoms with E-state index in [2.05, 4.69) is 175 Å². The molecule has 0 aliphatic rings. The number of fused-ring (bicyclic) bond motifs is 6. The van der Waals surface area contributed by atoms with Gasteiger partial charge in [0.1, 0.15) is 7.85 Å². The van der Waals surface area contributed by atoms with Crippen LogP contribution in [0.2, 0.25) is 0 Å². The molecule has 9 aromatic rings. The minimum atomic E-state index is 0.795. The Labute approximate surface area is 275 Å². The van der Waals surface area contributed by atoms with Crippen LogP contribution in [0.15, 0.2) is 152 Å². The van der Waals surface area contributed by atoms with Crippen LogP contribution in [-0.4, -0.2) is 17.0 Å². The monoisotopic (exact) mass is 598 g/mol. The first-order chi connectivity index (χ1) is 23.1. The number of benzene rings is 7. The third kappa shape index (κ3) is 4.20. The highest BCUT2D eigenvalue weighted by Crippen LogP contribution is 2.41. The lowest BCUT2D eigenvalue weighted by molar-refractivity contribution is 1.18. The molecular formula is C44H31BN2. The van der Waals surface area contributed by atoms with E-state index in [0.29, 0.717) is 0 Å². The van der Waals surface area contributed by atoms with Crippen molar-refractivity contribution in [2.75, 3.05) is 0 Å². The molecule has 0 fully saturated rings. The van der Waals surface area contributed by atoms with Crippen molar-refractivity contribution >= 4 is 56.9 Å². The number of aryl methyl sites for hydroxylation is 1. The quantitative estimate of drug-likeness (QED) is 0.178. The maximum absolute atomic E-state index is 6.75. The fraction of sp³-hybridized carbons (Fsp3) is 0.0455. The SMILES string of the molecule is [B]c1cc(-n2c3ccccc3c3c(-c4ccc5c(c4)c4ccccc4n5-c4ccccc4)cccc32)cc(-c2ccccc2C)c1C. The summed E-state index contributed by atoms with van der Waals surface area (Å²) in [4.78, 5) is 0. The van der Waals surface area contributed by atoms with E-state index in [1.165, 1.54) is 66.1 Å². The zero-order chi connectivity index (χ0) is 31.6. The highest BCUT2D eigenvalue weighted by molar-refractivity contribution is 6.34. The van der Waals surface area contributed by atoms with Crippen molar-refractivity contribution in [3.63, 3.8) is 0 Å². The number of para-hydroxylation sites is 3. The molecule has 2 aromatic heterocycles. The van der Waals surface area contributed by atoms with Crippen LogP contribution in [-0.2, 0) is 0 Å². The van der Waals surface area contributed by atoms with E-state index < -0.39 is 0 Å². The molecule has 2 radical (unpaired) electrons. The summed E-state index contributed by atoms with van der Waals surface area (Å²) in [6.07, 6.45) is 0. The molecule has 2 heterocycles. The topological polar surface area (TPSA) is 9.86 Å². The standard InChI is InChI=1S/C44H31BN2/c1-28-13-6-7-16-33(28)37-26-32(27-39(45)29(37)2)47-41-21-11-9-18-36(41)44-34(19-12-22-43(44)47)30-23-24-42-38(25-30)35-17-8-10-20-40(35)46(42)31-14-4-3-5-15-31/h3-27H,1-2H3. The summed E-state index contributed by atoms with van der Waals surface area (Å²) < 4.78 is 4.75. The highest BCUT2D eigenvalue weighted by Gasteiger charge is 2.19. The van der Waals surface area contributed by atoms with Crippen molar-refractivity contribution in [2.45, 2.75) is 13.8 Å². The Morgan fingerprint density at radius 1 is 0.426 bits per heavy atom. The van der Waals surface area contributed by atoms with Gasteiger partial charge in [-0.2, -0.15) is 0 Å². The number of nitrogens with zero attached hydrogens (tertiary/aromatic N) is 2. The molecule has 3 heteroatoms. The molecule has 0 bridgehead atoms. The molecule has 0 amide bonds. The van der Waals surface area contributed by atoms with E-state index in [4.69, 9.17) is 7.85 Å². The average molecular weight is 599 g/mol. The third-order valence-electron chi connectivity index (χ3n) is 9.82. The van der Waals surface area contributed by atoms with Gasteiger partial charge in [0.05, 0.1) is 22.1 Å². The molecule has 220 valence electrons. The van der Waals surface area contributed by atoms with Gasteiger partial charge in [-0.15, -0.1) is 0 Å². The molecule has 2 nitrogen and oxygen atoms in total. The Hall–Kier alpha value is -5.80. The summed E-state index contributed by atoms with van der Waals surface area (Å²) in [7, 11) is 6.75. The van der Waals surface area contributed by atoms with Crippen molar-refractivity contribution in [3.8, 4) is 33.6 Å². The van der Waals surface area contributed by atoms with Gasteiger partial charge in [0.25, 0.3) is 0 Å². The lowest BCUT2D eigenvalue weighted by Crippen LogP contribution is -2.11. The Bertz CT molecular complexity index is 2660. The zero-order valence-corrected chi connectivity index (χ0v) is 26.4. The predicted molar refractivity (Wildman–Crippen MR) is 201 cm³/mol. The Morgan fingerprint density at radius 2 is 1.04 bits per heavy atom. The molecule has 0 unspecified atom stereocenters. The van der Waals surface area contributed by atoms with Gasteiger partial charge < -0.3 is 9.13 Å². The lowest BCUT2D eigenvalue weighted by atomic mass is 9.84. The molecule has 0 spiro atoms. The molecular weight excluding hydrogens is 567 g/mol. The molecule has 0 aliphatic heterocycles. The number of aromatic nitrogens is 2. The fourth-order valence-corrected chi connectivity index (χ4v) is 7.54. The molecule has 9 rings (SSSR count). The van der Waals surface area contributed by atoms with Gasteiger partial charge in [-0.25, -0.2) is 0 Å². The first kappa shape index (κ1) is 27.5. The van der Waals surface area contributed by atoms with Crippen LogP contribution in [0.25, 0.3) is 77.2 Å².